The largest absolute Gasteiger partial charge is 0.394 e. The molecule has 0 saturated carbocycles. The highest BCUT2D eigenvalue weighted by Crippen LogP contribution is 1.96. The first-order valence-electron chi connectivity index (χ1n) is 5.24. The van der Waals surface area contributed by atoms with E-state index in [0.29, 0.717) is 13.0 Å². The summed E-state index contributed by atoms with van der Waals surface area (Å²) < 4.78 is 1.73. The molecule has 0 aliphatic heterocycles. The molecule has 5 nitrogen and oxygen atoms in total. The Hall–Kier alpha value is -1.78. The van der Waals surface area contributed by atoms with Crippen LogP contribution in [0, 0.1) is 0 Å². The van der Waals surface area contributed by atoms with Gasteiger partial charge in [0.05, 0.1) is 5.69 Å². The molecule has 1 aromatic heterocycles. The maximum absolute atomic E-state index is 11.4. The number of aryl methyl sites for hydroxylation is 1. The van der Waals surface area contributed by atoms with E-state index in [1.165, 1.54) is 6.07 Å². The highest BCUT2D eigenvalue weighted by Gasteiger charge is 2.03. The fraction of sp³-hybridized carbons (Fsp3) is 0.455. The van der Waals surface area contributed by atoms with E-state index in [9.17, 15) is 9.59 Å². The lowest BCUT2D eigenvalue weighted by Crippen LogP contribution is -2.30. The number of nitrogens with one attached hydrogen (secondary N) is 1. The number of carbonyl (C=O) groups is 1. The van der Waals surface area contributed by atoms with Crippen molar-refractivity contribution in [3.05, 3.63) is 28.7 Å². The first kappa shape index (κ1) is 12.3. The summed E-state index contributed by atoms with van der Waals surface area (Å²) in [5, 5.41) is 2.79. The Morgan fingerprint density at radius 3 is 2.81 bits per heavy atom. The molecule has 88 valence electrons. The minimum absolute atomic E-state index is 0.00716. The molecule has 0 radical (unpaired) electrons. The lowest BCUT2D eigenvalue weighted by atomic mass is 10.3. The molecule has 0 atom stereocenters. The number of aromatic nitrogens is 1. The Bertz CT molecular complexity index is 423. The van der Waals surface area contributed by atoms with Crippen molar-refractivity contribution < 1.29 is 4.79 Å². The van der Waals surface area contributed by atoms with E-state index in [2.05, 4.69) is 5.32 Å². The van der Waals surface area contributed by atoms with Gasteiger partial charge in [-0.3, -0.25) is 9.59 Å². The normalized spacial score (nSPS) is 10.4. The number of carbonyl (C=O) groups excluding carboxylic acids is 1. The summed E-state index contributed by atoms with van der Waals surface area (Å²) in [6.45, 7) is 4.34. The summed E-state index contributed by atoms with van der Waals surface area (Å²) in [5.74, 6) is -0.00716. The summed E-state index contributed by atoms with van der Waals surface area (Å²) in [6, 6.07) is 1.54. The van der Waals surface area contributed by atoms with Crippen molar-refractivity contribution in [1.29, 1.82) is 0 Å². The molecule has 0 fully saturated rings. The van der Waals surface area contributed by atoms with E-state index >= 15 is 0 Å². The molecule has 16 heavy (non-hydrogen) atoms. The lowest BCUT2D eigenvalue weighted by Gasteiger charge is -2.09. The number of amides is 1. The Morgan fingerprint density at radius 1 is 1.56 bits per heavy atom. The molecule has 0 saturated heterocycles. The first-order chi connectivity index (χ1) is 7.49. The molecule has 0 spiro atoms. The van der Waals surface area contributed by atoms with Crippen molar-refractivity contribution in [2.75, 3.05) is 5.73 Å². The van der Waals surface area contributed by atoms with Gasteiger partial charge in [-0.25, -0.2) is 0 Å². The highest BCUT2D eigenvalue weighted by molar-refractivity contribution is 5.76. The Kier molecular flexibility index (Phi) is 4.10. The number of nitrogens with two attached hydrogens (primary N) is 1. The molecule has 0 aliphatic rings. The smallest absolute Gasteiger partial charge is 0.221 e. The fourth-order valence-electron chi connectivity index (χ4n) is 1.31. The van der Waals surface area contributed by atoms with Crippen LogP contribution in [0.4, 0.5) is 5.69 Å². The summed E-state index contributed by atoms with van der Waals surface area (Å²) in [7, 11) is 0. The monoisotopic (exact) mass is 223 g/mol. The zero-order chi connectivity index (χ0) is 12.1. The second-order valence-electron chi connectivity index (χ2n) is 3.97. The van der Waals surface area contributed by atoms with Crippen molar-refractivity contribution in [1.82, 2.24) is 9.88 Å². The van der Waals surface area contributed by atoms with Crippen LogP contribution in [0.5, 0.6) is 0 Å². The number of hydrogen-bond donors (Lipinski definition) is 2. The molecule has 1 amide bonds. The van der Waals surface area contributed by atoms with Crippen LogP contribution in [0.2, 0.25) is 0 Å². The molecule has 5 heteroatoms. The molecule has 0 aromatic carbocycles. The van der Waals surface area contributed by atoms with E-state index in [1.54, 1.807) is 17.0 Å². The fourth-order valence-corrected chi connectivity index (χ4v) is 1.31. The number of pyridine rings is 1. The molecular weight excluding hydrogens is 206 g/mol. The maximum Gasteiger partial charge on any atom is 0.221 e. The van der Waals surface area contributed by atoms with Gasteiger partial charge in [0.1, 0.15) is 0 Å². The SMILES string of the molecule is CC(C)NC(=O)CCn1ccc(=O)c(N)c1. The Balaban J connectivity index is 2.52. The van der Waals surface area contributed by atoms with Crippen molar-refractivity contribution in [2.24, 2.45) is 0 Å². The van der Waals surface area contributed by atoms with Gasteiger partial charge in [0.2, 0.25) is 11.3 Å². The third-order valence-corrected chi connectivity index (χ3v) is 2.05. The standard InChI is InChI=1S/C11H17N3O2/c1-8(2)13-11(16)4-6-14-5-3-10(15)9(12)7-14/h3,5,7-8H,4,6,12H2,1-2H3,(H,13,16). The molecule has 1 heterocycles. The maximum atomic E-state index is 11.4. The van der Waals surface area contributed by atoms with Gasteiger partial charge in [0.25, 0.3) is 0 Å². The van der Waals surface area contributed by atoms with Crippen LogP contribution in [-0.2, 0) is 11.3 Å². The van der Waals surface area contributed by atoms with Gasteiger partial charge < -0.3 is 15.6 Å². The second-order valence-corrected chi connectivity index (χ2v) is 3.97. The molecule has 1 aromatic rings. The number of anilines is 1. The van der Waals surface area contributed by atoms with Crippen LogP contribution in [0.15, 0.2) is 23.3 Å². The highest BCUT2D eigenvalue weighted by atomic mass is 16.1. The molecule has 1 rings (SSSR count). The molecular formula is C11H17N3O2. The summed E-state index contributed by atoms with van der Waals surface area (Å²) >= 11 is 0. The summed E-state index contributed by atoms with van der Waals surface area (Å²) in [4.78, 5) is 22.4. The zero-order valence-electron chi connectivity index (χ0n) is 9.56. The molecule has 0 aliphatic carbocycles. The molecule has 0 bridgehead atoms. The number of rotatable bonds is 4. The molecule has 0 unspecified atom stereocenters. The van der Waals surface area contributed by atoms with Crippen molar-refractivity contribution in [2.45, 2.75) is 32.9 Å². The van der Waals surface area contributed by atoms with Crippen LogP contribution in [0.1, 0.15) is 20.3 Å². The van der Waals surface area contributed by atoms with E-state index in [-0.39, 0.29) is 23.1 Å². The Labute approximate surface area is 94.3 Å². The summed E-state index contributed by atoms with van der Waals surface area (Å²) in [6.07, 6.45) is 3.55. The van der Waals surface area contributed by atoms with Gasteiger partial charge in [-0.1, -0.05) is 0 Å². The quantitative estimate of drug-likeness (QED) is 0.773. The van der Waals surface area contributed by atoms with Crippen molar-refractivity contribution in [3.63, 3.8) is 0 Å². The minimum Gasteiger partial charge on any atom is -0.394 e. The zero-order valence-corrected chi connectivity index (χ0v) is 9.56. The Morgan fingerprint density at radius 2 is 2.25 bits per heavy atom. The van der Waals surface area contributed by atoms with E-state index < -0.39 is 0 Å². The molecule has 3 N–H and O–H groups in total. The van der Waals surface area contributed by atoms with Crippen LogP contribution in [0.3, 0.4) is 0 Å². The van der Waals surface area contributed by atoms with Crippen molar-refractivity contribution in [3.8, 4) is 0 Å². The third kappa shape index (κ3) is 3.76. The number of nitrogens with zero attached hydrogens (tertiary/aromatic N) is 1. The van der Waals surface area contributed by atoms with Gasteiger partial charge in [-0.2, -0.15) is 0 Å². The second kappa shape index (κ2) is 5.34. The van der Waals surface area contributed by atoms with Gasteiger partial charge >= 0.3 is 0 Å². The van der Waals surface area contributed by atoms with Gasteiger partial charge in [-0.05, 0) is 13.8 Å². The van der Waals surface area contributed by atoms with Crippen LogP contribution < -0.4 is 16.5 Å². The topological polar surface area (TPSA) is 77.1 Å². The van der Waals surface area contributed by atoms with Gasteiger partial charge in [0, 0.05) is 37.5 Å². The van der Waals surface area contributed by atoms with E-state index in [0.717, 1.165) is 0 Å². The summed E-state index contributed by atoms with van der Waals surface area (Å²) in [5.41, 5.74) is 5.48. The van der Waals surface area contributed by atoms with Gasteiger partial charge in [0.15, 0.2) is 0 Å². The lowest BCUT2D eigenvalue weighted by molar-refractivity contribution is -0.121. The predicted octanol–water partition coefficient (Wildman–Crippen LogP) is 0.345. The van der Waals surface area contributed by atoms with Crippen LogP contribution >= 0.6 is 0 Å². The number of hydrogen-bond acceptors (Lipinski definition) is 3. The van der Waals surface area contributed by atoms with Crippen LogP contribution in [-0.4, -0.2) is 16.5 Å². The number of nitrogen functional groups attached to an aromatic ring is 1. The first-order valence-corrected chi connectivity index (χ1v) is 5.24. The van der Waals surface area contributed by atoms with E-state index in [1.807, 2.05) is 13.8 Å². The minimum atomic E-state index is -0.192. The average molecular weight is 223 g/mol. The van der Waals surface area contributed by atoms with Crippen LogP contribution in [0.25, 0.3) is 0 Å². The van der Waals surface area contributed by atoms with Crippen molar-refractivity contribution >= 4 is 11.6 Å². The van der Waals surface area contributed by atoms with E-state index in [4.69, 9.17) is 5.73 Å². The predicted molar refractivity (Wildman–Crippen MR) is 63.0 cm³/mol. The average Bonchev–Trinajstić information content (AvgIpc) is 2.19. The third-order valence-electron chi connectivity index (χ3n) is 2.05. The van der Waals surface area contributed by atoms with Gasteiger partial charge in [-0.15, -0.1) is 0 Å².